The number of para-hydroxylation sites is 1. The molecule has 1 heterocycles. The van der Waals surface area contributed by atoms with Crippen molar-refractivity contribution >= 4 is 16.0 Å². The summed E-state index contributed by atoms with van der Waals surface area (Å²) in [5.41, 5.74) is 1.79. The first-order chi connectivity index (χ1) is 11.1. The van der Waals surface area contributed by atoms with Gasteiger partial charge >= 0.3 is 0 Å². The molecule has 23 heavy (non-hydrogen) atoms. The molecule has 2 aromatic carbocycles. The first-order valence-corrected chi connectivity index (χ1v) is 8.79. The number of hydrogen-bond donors (Lipinski definition) is 1. The van der Waals surface area contributed by atoms with E-state index in [2.05, 4.69) is 14.8 Å². The highest BCUT2D eigenvalue weighted by Gasteiger charge is 2.13. The molecule has 7 heteroatoms. The van der Waals surface area contributed by atoms with Crippen molar-refractivity contribution in [2.45, 2.75) is 6.42 Å². The Labute approximate surface area is 134 Å². The van der Waals surface area contributed by atoms with Crippen molar-refractivity contribution in [2.24, 2.45) is 0 Å². The van der Waals surface area contributed by atoms with Crippen molar-refractivity contribution in [1.29, 1.82) is 0 Å². The summed E-state index contributed by atoms with van der Waals surface area (Å²) in [6, 6.07) is 18.9. The summed E-state index contributed by atoms with van der Waals surface area (Å²) in [6.45, 7) is 0. The summed E-state index contributed by atoms with van der Waals surface area (Å²) in [7, 11) is -3.49. The number of nitrogens with one attached hydrogen (secondary N) is 1. The normalized spacial score (nSPS) is 11.3. The van der Waals surface area contributed by atoms with E-state index in [0.29, 0.717) is 6.42 Å². The molecule has 0 atom stereocenters. The second-order valence-electron chi connectivity index (χ2n) is 5.00. The molecule has 1 aromatic heterocycles. The van der Waals surface area contributed by atoms with Gasteiger partial charge in [0.05, 0.1) is 11.4 Å². The molecule has 3 aromatic rings. The van der Waals surface area contributed by atoms with E-state index in [1.165, 1.54) is 11.0 Å². The van der Waals surface area contributed by atoms with Gasteiger partial charge in [0.25, 0.3) is 5.95 Å². The fourth-order valence-corrected chi connectivity index (χ4v) is 3.08. The SMILES string of the molecule is O=S(=O)(CCc1ccccc1)Nc1ncn(-c2ccccc2)n1. The van der Waals surface area contributed by atoms with E-state index >= 15 is 0 Å². The summed E-state index contributed by atoms with van der Waals surface area (Å²) in [6.07, 6.45) is 1.92. The first-order valence-electron chi connectivity index (χ1n) is 7.14. The summed E-state index contributed by atoms with van der Waals surface area (Å²) in [5, 5.41) is 4.14. The second kappa shape index (κ2) is 6.62. The quantitative estimate of drug-likeness (QED) is 0.753. The number of nitrogens with zero attached hydrogens (tertiary/aromatic N) is 3. The van der Waals surface area contributed by atoms with Gasteiger partial charge in [0.15, 0.2) is 0 Å². The molecule has 0 radical (unpaired) electrons. The third-order valence-electron chi connectivity index (χ3n) is 3.26. The lowest BCUT2D eigenvalue weighted by Crippen LogP contribution is -2.19. The van der Waals surface area contributed by atoms with E-state index in [1.807, 2.05) is 60.7 Å². The number of rotatable bonds is 6. The molecule has 118 valence electrons. The number of benzene rings is 2. The molecule has 0 saturated carbocycles. The number of sulfonamides is 1. The standard InChI is InChI=1S/C16H16N4O2S/c21-23(22,12-11-14-7-3-1-4-8-14)19-16-17-13-20(18-16)15-9-5-2-6-10-15/h1-10,13H,11-12H2,(H,18,19). The molecule has 0 aliphatic carbocycles. The second-order valence-corrected chi connectivity index (χ2v) is 6.85. The predicted octanol–water partition coefficient (Wildman–Crippen LogP) is 2.25. The van der Waals surface area contributed by atoms with Gasteiger partial charge in [0.2, 0.25) is 10.0 Å². The van der Waals surface area contributed by atoms with Crippen LogP contribution in [0.2, 0.25) is 0 Å². The van der Waals surface area contributed by atoms with Gasteiger partial charge in [0.1, 0.15) is 6.33 Å². The van der Waals surface area contributed by atoms with Crippen LogP contribution in [0.5, 0.6) is 0 Å². The highest BCUT2D eigenvalue weighted by Crippen LogP contribution is 2.09. The molecule has 0 aliphatic rings. The van der Waals surface area contributed by atoms with E-state index in [9.17, 15) is 8.42 Å². The molecular formula is C16H16N4O2S. The molecule has 1 N–H and O–H groups in total. The zero-order chi connectivity index (χ0) is 16.1. The highest BCUT2D eigenvalue weighted by atomic mass is 32.2. The van der Waals surface area contributed by atoms with Gasteiger partial charge in [-0.2, -0.15) is 4.98 Å². The van der Waals surface area contributed by atoms with E-state index in [4.69, 9.17) is 0 Å². The topological polar surface area (TPSA) is 76.9 Å². The zero-order valence-corrected chi connectivity index (χ0v) is 13.1. The Morgan fingerprint density at radius 3 is 2.30 bits per heavy atom. The molecule has 0 amide bonds. The van der Waals surface area contributed by atoms with Gasteiger partial charge in [-0.3, -0.25) is 0 Å². The number of aromatic nitrogens is 3. The maximum Gasteiger partial charge on any atom is 0.256 e. The third kappa shape index (κ3) is 4.17. The Balaban J connectivity index is 1.65. The van der Waals surface area contributed by atoms with Crippen LogP contribution in [0.3, 0.4) is 0 Å². The minimum Gasteiger partial charge on any atom is -0.250 e. The first kappa shape index (κ1) is 15.2. The van der Waals surface area contributed by atoms with E-state index in [1.54, 1.807) is 0 Å². The van der Waals surface area contributed by atoms with Gasteiger partial charge in [0, 0.05) is 0 Å². The van der Waals surface area contributed by atoms with Crippen molar-refractivity contribution in [3.8, 4) is 5.69 Å². The molecule has 0 aliphatic heterocycles. The summed E-state index contributed by atoms with van der Waals surface area (Å²) < 4.78 is 28.2. The van der Waals surface area contributed by atoms with Crippen LogP contribution in [0.15, 0.2) is 67.0 Å². The molecule has 6 nitrogen and oxygen atoms in total. The van der Waals surface area contributed by atoms with Crippen LogP contribution in [0.25, 0.3) is 5.69 Å². The highest BCUT2D eigenvalue weighted by molar-refractivity contribution is 7.92. The smallest absolute Gasteiger partial charge is 0.250 e. The van der Waals surface area contributed by atoms with E-state index in [0.717, 1.165) is 11.3 Å². The predicted molar refractivity (Wildman–Crippen MR) is 88.9 cm³/mol. The van der Waals surface area contributed by atoms with Gasteiger partial charge in [-0.25, -0.2) is 17.8 Å². The lowest BCUT2D eigenvalue weighted by atomic mass is 10.2. The zero-order valence-electron chi connectivity index (χ0n) is 12.3. The minimum absolute atomic E-state index is 0.0170. The van der Waals surface area contributed by atoms with E-state index < -0.39 is 10.0 Å². The molecule has 0 spiro atoms. The van der Waals surface area contributed by atoms with E-state index in [-0.39, 0.29) is 11.7 Å². The summed E-state index contributed by atoms with van der Waals surface area (Å²) in [4.78, 5) is 3.99. The van der Waals surface area contributed by atoms with Crippen LogP contribution in [-0.4, -0.2) is 28.9 Å². The minimum atomic E-state index is -3.49. The van der Waals surface area contributed by atoms with Gasteiger partial charge < -0.3 is 0 Å². The Morgan fingerprint density at radius 2 is 1.61 bits per heavy atom. The van der Waals surface area contributed by atoms with Crippen LogP contribution in [0, 0.1) is 0 Å². The Kier molecular flexibility index (Phi) is 4.38. The fraction of sp³-hybridized carbons (Fsp3) is 0.125. The maximum atomic E-state index is 12.1. The average Bonchev–Trinajstić information content (AvgIpc) is 3.03. The lowest BCUT2D eigenvalue weighted by Gasteiger charge is -2.04. The van der Waals surface area contributed by atoms with Crippen LogP contribution in [-0.2, 0) is 16.4 Å². The third-order valence-corrected chi connectivity index (χ3v) is 4.50. The molecule has 0 unspecified atom stereocenters. The van der Waals surface area contributed by atoms with Crippen LogP contribution >= 0.6 is 0 Å². The fourth-order valence-electron chi connectivity index (χ4n) is 2.10. The maximum absolute atomic E-state index is 12.1. The molecular weight excluding hydrogens is 312 g/mol. The van der Waals surface area contributed by atoms with Gasteiger partial charge in [-0.1, -0.05) is 48.5 Å². The molecule has 0 saturated heterocycles. The van der Waals surface area contributed by atoms with Crippen molar-refractivity contribution in [3.63, 3.8) is 0 Å². The number of aryl methyl sites for hydroxylation is 1. The number of anilines is 1. The van der Waals surface area contributed by atoms with Gasteiger partial charge in [-0.05, 0) is 24.1 Å². The number of hydrogen-bond acceptors (Lipinski definition) is 4. The van der Waals surface area contributed by atoms with Crippen molar-refractivity contribution in [2.75, 3.05) is 10.5 Å². The molecule has 0 bridgehead atoms. The summed E-state index contributed by atoms with van der Waals surface area (Å²) >= 11 is 0. The van der Waals surface area contributed by atoms with Crippen LogP contribution in [0.1, 0.15) is 5.56 Å². The van der Waals surface area contributed by atoms with Crippen LogP contribution in [0.4, 0.5) is 5.95 Å². The largest absolute Gasteiger partial charge is 0.256 e. The Hall–Kier alpha value is -2.67. The molecule has 3 rings (SSSR count). The lowest BCUT2D eigenvalue weighted by molar-refractivity contribution is 0.600. The van der Waals surface area contributed by atoms with Crippen molar-refractivity contribution in [1.82, 2.24) is 14.8 Å². The van der Waals surface area contributed by atoms with Crippen molar-refractivity contribution < 1.29 is 8.42 Å². The van der Waals surface area contributed by atoms with Crippen LogP contribution < -0.4 is 4.72 Å². The molecule has 0 fully saturated rings. The van der Waals surface area contributed by atoms with Gasteiger partial charge in [-0.15, -0.1) is 5.10 Å². The summed E-state index contributed by atoms with van der Waals surface area (Å²) in [5.74, 6) is 0.0542. The Bertz CT molecular complexity index is 861. The van der Waals surface area contributed by atoms with Crippen molar-refractivity contribution in [3.05, 3.63) is 72.6 Å². The monoisotopic (exact) mass is 328 g/mol. The Morgan fingerprint density at radius 1 is 0.957 bits per heavy atom. The average molecular weight is 328 g/mol.